The number of ether oxygens (including phenoxy) is 1. The van der Waals surface area contributed by atoms with Crippen molar-refractivity contribution in [1.82, 2.24) is 19.9 Å². The van der Waals surface area contributed by atoms with Crippen molar-refractivity contribution in [2.24, 2.45) is 0 Å². The number of hydrogen-bond donors (Lipinski definition) is 2. The van der Waals surface area contributed by atoms with Gasteiger partial charge in [-0.25, -0.2) is 14.4 Å². The lowest BCUT2D eigenvalue weighted by Gasteiger charge is -2.32. The molecule has 4 rings (SSSR count). The number of aryl methyl sites for hydroxylation is 2. The van der Waals surface area contributed by atoms with Crippen molar-refractivity contribution < 1.29 is 13.9 Å². The van der Waals surface area contributed by atoms with E-state index >= 15 is 0 Å². The Bertz CT molecular complexity index is 1070. The highest BCUT2D eigenvalue weighted by Crippen LogP contribution is 2.22. The number of benzene rings is 1. The highest BCUT2D eigenvalue weighted by Gasteiger charge is 2.24. The van der Waals surface area contributed by atoms with Gasteiger partial charge in [0.25, 0.3) is 0 Å². The largest absolute Gasteiger partial charge is 0.369 e. The number of morpholine rings is 1. The van der Waals surface area contributed by atoms with Crippen LogP contribution >= 0.6 is 0 Å². The first-order valence-corrected chi connectivity index (χ1v) is 10.4. The van der Waals surface area contributed by atoms with Gasteiger partial charge in [0.2, 0.25) is 11.9 Å². The lowest BCUT2D eigenvalue weighted by atomic mass is 10.2. The molecular formula is C23H25FN6O2. The summed E-state index contributed by atoms with van der Waals surface area (Å²) in [5, 5.41) is 5.78. The molecule has 1 aliphatic rings. The summed E-state index contributed by atoms with van der Waals surface area (Å²) in [6.07, 6.45) is 1.46. The highest BCUT2D eigenvalue weighted by molar-refractivity contribution is 5.92. The van der Waals surface area contributed by atoms with E-state index < -0.39 is 5.82 Å². The van der Waals surface area contributed by atoms with Crippen molar-refractivity contribution in [2.75, 3.05) is 36.9 Å². The first kappa shape index (κ1) is 21.8. The maximum absolute atomic E-state index is 13.8. The average Bonchev–Trinajstić information content (AvgIpc) is 2.75. The quantitative estimate of drug-likeness (QED) is 0.612. The molecule has 3 aromatic rings. The van der Waals surface area contributed by atoms with Crippen LogP contribution in [0.5, 0.6) is 0 Å². The third kappa shape index (κ3) is 5.63. The standard InChI is InChI=1S/C23H25FN6O2/c1-15-11-16(2)27-23(26-15)28-17-7-8-20(25-12-17)21-13-30(9-10-32-21)14-22(31)29-19-6-4-3-5-18(19)24/h3-8,11-12,21H,9-10,13-14H2,1-2H3,(H,29,31)(H,26,27,28)/t21-/m1/s1. The van der Waals surface area contributed by atoms with Crippen molar-refractivity contribution in [3.05, 3.63) is 71.6 Å². The van der Waals surface area contributed by atoms with Gasteiger partial charge in [-0.15, -0.1) is 0 Å². The predicted molar refractivity (Wildman–Crippen MR) is 119 cm³/mol. The zero-order valence-electron chi connectivity index (χ0n) is 18.0. The Balaban J connectivity index is 1.34. The van der Waals surface area contributed by atoms with E-state index in [9.17, 15) is 9.18 Å². The molecule has 0 unspecified atom stereocenters. The van der Waals surface area contributed by atoms with Gasteiger partial charge in [-0.05, 0) is 44.2 Å². The molecule has 2 aromatic heterocycles. The Hall–Kier alpha value is -3.43. The topological polar surface area (TPSA) is 92.3 Å². The van der Waals surface area contributed by atoms with Gasteiger partial charge in [0, 0.05) is 24.5 Å². The van der Waals surface area contributed by atoms with E-state index in [4.69, 9.17) is 4.74 Å². The number of amides is 1. The molecule has 1 saturated heterocycles. The third-order valence-corrected chi connectivity index (χ3v) is 5.02. The van der Waals surface area contributed by atoms with Crippen LogP contribution < -0.4 is 10.6 Å². The SMILES string of the molecule is Cc1cc(C)nc(Nc2ccc([C@H]3CN(CC(=O)Nc4ccccc4F)CCO3)nc2)n1. The number of aromatic nitrogens is 3. The van der Waals surface area contributed by atoms with Gasteiger partial charge in [-0.1, -0.05) is 12.1 Å². The second-order valence-electron chi connectivity index (χ2n) is 7.69. The molecule has 1 atom stereocenters. The van der Waals surface area contributed by atoms with Crippen LogP contribution in [0.4, 0.5) is 21.7 Å². The molecule has 1 fully saturated rings. The fraction of sp³-hybridized carbons (Fsp3) is 0.304. The first-order chi connectivity index (χ1) is 15.5. The van der Waals surface area contributed by atoms with Gasteiger partial charge >= 0.3 is 0 Å². The monoisotopic (exact) mass is 436 g/mol. The van der Waals surface area contributed by atoms with Crippen molar-refractivity contribution in [2.45, 2.75) is 20.0 Å². The van der Waals surface area contributed by atoms with Crippen LogP contribution in [-0.2, 0) is 9.53 Å². The fourth-order valence-corrected chi connectivity index (χ4v) is 3.56. The minimum atomic E-state index is -0.454. The molecule has 0 aliphatic carbocycles. The predicted octanol–water partition coefficient (Wildman–Crippen LogP) is 3.38. The van der Waals surface area contributed by atoms with Gasteiger partial charge in [-0.3, -0.25) is 14.7 Å². The molecule has 1 amide bonds. The number of rotatable bonds is 6. The smallest absolute Gasteiger partial charge is 0.238 e. The number of hydrogen-bond acceptors (Lipinski definition) is 7. The van der Waals surface area contributed by atoms with E-state index in [1.165, 1.54) is 12.1 Å². The average molecular weight is 436 g/mol. The van der Waals surface area contributed by atoms with Gasteiger partial charge in [-0.2, -0.15) is 0 Å². The van der Waals surface area contributed by atoms with E-state index in [-0.39, 0.29) is 24.2 Å². The molecule has 0 radical (unpaired) electrons. The normalized spacial score (nSPS) is 16.5. The van der Waals surface area contributed by atoms with Crippen LogP contribution in [0, 0.1) is 19.7 Å². The third-order valence-electron chi connectivity index (χ3n) is 5.02. The Morgan fingerprint density at radius 3 is 2.69 bits per heavy atom. The van der Waals surface area contributed by atoms with E-state index in [1.54, 1.807) is 18.3 Å². The Kier molecular flexibility index (Phi) is 6.67. The van der Waals surface area contributed by atoms with E-state index in [1.807, 2.05) is 36.9 Å². The lowest BCUT2D eigenvalue weighted by molar-refractivity contribution is -0.119. The van der Waals surface area contributed by atoms with Gasteiger partial charge in [0.05, 0.1) is 36.4 Å². The maximum atomic E-state index is 13.8. The first-order valence-electron chi connectivity index (χ1n) is 10.4. The molecule has 0 bridgehead atoms. The lowest BCUT2D eigenvalue weighted by Crippen LogP contribution is -2.42. The van der Waals surface area contributed by atoms with E-state index in [2.05, 4.69) is 25.6 Å². The molecule has 1 aliphatic heterocycles. The molecule has 0 spiro atoms. The summed E-state index contributed by atoms with van der Waals surface area (Å²) >= 11 is 0. The summed E-state index contributed by atoms with van der Waals surface area (Å²) in [6, 6.07) is 11.8. The van der Waals surface area contributed by atoms with Crippen LogP contribution in [0.3, 0.4) is 0 Å². The van der Waals surface area contributed by atoms with Crippen molar-refractivity contribution in [3.63, 3.8) is 0 Å². The number of para-hydroxylation sites is 1. The zero-order chi connectivity index (χ0) is 22.5. The number of pyridine rings is 1. The number of nitrogens with one attached hydrogen (secondary N) is 2. The van der Waals surface area contributed by atoms with Crippen LogP contribution in [0.15, 0.2) is 48.7 Å². The molecule has 8 nitrogen and oxygen atoms in total. The van der Waals surface area contributed by atoms with Crippen LogP contribution in [-0.4, -0.2) is 52.0 Å². The summed E-state index contributed by atoms with van der Waals surface area (Å²) in [5.74, 6) is -0.195. The fourth-order valence-electron chi connectivity index (χ4n) is 3.56. The summed E-state index contributed by atoms with van der Waals surface area (Å²) in [4.78, 5) is 27.6. The molecule has 3 heterocycles. The Morgan fingerprint density at radius 2 is 1.97 bits per heavy atom. The molecule has 9 heteroatoms. The Morgan fingerprint density at radius 1 is 1.19 bits per heavy atom. The van der Waals surface area contributed by atoms with Crippen LogP contribution in [0.25, 0.3) is 0 Å². The number of anilines is 3. The van der Waals surface area contributed by atoms with Crippen LogP contribution in [0.1, 0.15) is 23.2 Å². The summed E-state index contributed by atoms with van der Waals surface area (Å²) in [7, 11) is 0. The van der Waals surface area contributed by atoms with Crippen LogP contribution in [0.2, 0.25) is 0 Å². The van der Waals surface area contributed by atoms with E-state index in [0.717, 1.165) is 22.8 Å². The summed E-state index contributed by atoms with van der Waals surface area (Å²) in [6.45, 7) is 5.61. The second-order valence-corrected chi connectivity index (χ2v) is 7.69. The molecule has 32 heavy (non-hydrogen) atoms. The van der Waals surface area contributed by atoms with E-state index in [0.29, 0.717) is 25.6 Å². The highest BCUT2D eigenvalue weighted by atomic mass is 19.1. The summed E-state index contributed by atoms with van der Waals surface area (Å²) in [5.41, 5.74) is 3.50. The van der Waals surface area contributed by atoms with Gasteiger partial charge < -0.3 is 15.4 Å². The zero-order valence-corrected chi connectivity index (χ0v) is 18.0. The molecule has 2 N–H and O–H groups in total. The molecule has 1 aromatic carbocycles. The van der Waals surface area contributed by atoms with Gasteiger partial charge in [0.1, 0.15) is 11.9 Å². The van der Waals surface area contributed by atoms with Crippen molar-refractivity contribution >= 4 is 23.2 Å². The number of halogens is 1. The molecular weight excluding hydrogens is 411 g/mol. The van der Waals surface area contributed by atoms with Crippen molar-refractivity contribution in [1.29, 1.82) is 0 Å². The Labute approximate surface area is 185 Å². The number of nitrogens with zero attached hydrogens (tertiary/aromatic N) is 4. The number of carbonyl (C=O) groups excluding carboxylic acids is 1. The second kappa shape index (κ2) is 9.80. The maximum Gasteiger partial charge on any atom is 0.238 e. The minimum Gasteiger partial charge on any atom is -0.369 e. The minimum absolute atomic E-state index is 0.151. The molecule has 0 saturated carbocycles. The van der Waals surface area contributed by atoms with Crippen molar-refractivity contribution in [3.8, 4) is 0 Å². The molecule has 166 valence electrons. The summed E-state index contributed by atoms with van der Waals surface area (Å²) < 4.78 is 19.6. The van der Waals surface area contributed by atoms with Gasteiger partial charge in [0.15, 0.2) is 0 Å². The number of carbonyl (C=O) groups is 1.